The van der Waals surface area contributed by atoms with Crippen LogP contribution >= 0.6 is 0 Å². The van der Waals surface area contributed by atoms with E-state index in [1.165, 1.54) is 24.0 Å². The quantitative estimate of drug-likeness (QED) is 0.830. The van der Waals surface area contributed by atoms with E-state index in [-0.39, 0.29) is 6.04 Å². The lowest BCUT2D eigenvalue weighted by atomic mass is 10.0. The molecule has 1 aliphatic rings. The second-order valence-electron chi connectivity index (χ2n) is 5.49. The van der Waals surface area contributed by atoms with Crippen molar-refractivity contribution in [1.29, 1.82) is 0 Å². The van der Waals surface area contributed by atoms with Gasteiger partial charge in [-0.05, 0) is 43.9 Å². The molecule has 1 saturated heterocycles. The second kappa shape index (κ2) is 8.40. The molecule has 20 heavy (non-hydrogen) atoms. The SMILES string of the molecule is CCNC(COCC1CCCCO1)c1ccccc1C. The molecule has 3 nitrogen and oxygen atoms in total. The molecule has 0 spiro atoms. The molecule has 1 aromatic rings. The Balaban J connectivity index is 1.84. The molecule has 0 radical (unpaired) electrons. The number of rotatable bonds is 7. The largest absolute Gasteiger partial charge is 0.377 e. The monoisotopic (exact) mass is 277 g/mol. The van der Waals surface area contributed by atoms with E-state index >= 15 is 0 Å². The lowest BCUT2D eigenvalue weighted by Crippen LogP contribution is -2.29. The molecule has 0 bridgehead atoms. The van der Waals surface area contributed by atoms with Crippen molar-refractivity contribution >= 4 is 0 Å². The molecule has 2 unspecified atom stereocenters. The topological polar surface area (TPSA) is 30.5 Å². The minimum Gasteiger partial charge on any atom is -0.377 e. The van der Waals surface area contributed by atoms with E-state index in [1.807, 2.05) is 0 Å². The van der Waals surface area contributed by atoms with Gasteiger partial charge in [-0.2, -0.15) is 0 Å². The fourth-order valence-electron chi connectivity index (χ4n) is 2.74. The number of hydrogen-bond donors (Lipinski definition) is 1. The van der Waals surface area contributed by atoms with Crippen LogP contribution < -0.4 is 5.32 Å². The van der Waals surface area contributed by atoms with Crippen LogP contribution in [0.1, 0.15) is 43.4 Å². The zero-order valence-electron chi connectivity index (χ0n) is 12.7. The van der Waals surface area contributed by atoms with Gasteiger partial charge in [0.15, 0.2) is 0 Å². The van der Waals surface area contributed by atoms with Crippen molar-refractivity contribution in [3.8, 4) is 0 Å². The summed E-state index contributed by atoms with van der Waals surface area (Å²) in [6.45, 7) is 7.55. The lowest BCUT2D eigenvalue weighted by Gasteiger charge is -2.25. The first-order chi connectivity index (χ1) is 9.81. The third kappa shape index (κ3) is 4.58. The molecule has 0 amide bonds. The van der Waals surface area contributed by atoms with Gasteiger partial charge in [0.1, 0.15) is 0 Å². The van der Waals surface area contributed by atoms with E-state index in [0.717, 1.165) is 19.6 Å². The van der Waals surface area contributed by atoms with Crippen molar-refractivity contribution in [2.45, 2.75) is 45.3 Å². The Labute approximate surface area is 122 Å². The van der Waals surface area contributed by atoms with Crippen LogP contribution in [0.25, 0.3) is 0 Å². The molecule has 3 heteroatoms. The van der Waals surface area contributed by atoms with Gasteiger partial charge in [-0.25, -0.2) is 0 Å². The number of likely N-dealkylation sites (N-methyl/N-ethyl adjacent to an activating group) is 1. The number of benzene rings is 1. The maximum Gasteiger partial charge on any atom is 0.0808 e. The highest BCUT2D eigenvalue weighted by molar-refractivity contribution is 5.28. The van der Waals surface area contributed by atoms with Gasteiger partial charge in [-0.3, -0.25) is 0 Å². The summed E-state index contributed by atoms with van der Waals surface area (Å²) in [5.74, 6) is 0. The molecule has 2 atom stereocenters. The molecule has 1 fully saturated rings. The highest BCUT2D eigenvalue weighted by Gasteiger charge is 2.16. The van der Waals surface area contributed by atoms with Crippen LogP contribution in [0, 0.1) is 6.92 Å². The van der Waals surface area contributed by atoms with Crippen molar-refractivity contribution in [3.63, 3.8) is 0 Å². The Morgan fingerprint density at radius 2 is 2.20 bits per heavy atom. The molecule has 1 N–H and O–H groups in total. The van der Waals surface area contributed by atoms with Gasteiger partial charge in [0.2, 0.25) is 0 Å². The van der Waals surface area contributed by atoms with Crippen molar-refractivity contribution in [2.24, 2.45) is 0 Å². The maximum atomic E-state index is 5.91. The molecule has 112 valence electrons. The summed E-state index contributed by atoms with van der Waals surface area (Å²) >= 11 is 0. The van der Waals surface area contributed by atoms with E-state index < -0.39 is 0 Å². The Bertz CT molecular complexity index is 388. The maximum absolute atomic E-state index is 5.91. The van der Waals surface area contributed by atoms with Gasteiger partial charge in [0.05, 0.1) is 25.4 Å². The highest BCUT2D eigenvalue weighted by atomic mass is 16.5. The van der Waals surface area contributed by atoms with Gasteiger partial charge in [0.25, 0.3) is 0 Å². The van der Waals surface area contributed by atoms with Gasteiger partial charge >= 0.3 is 0 Å². The van der Waals surface area contributed by atoms with Crippen LogP contribution in [-0.4, -0.2) is 32.5 Å². The van der Waals surface area contributed by atoms with E-state index in [0.29, 0.717) is 19.3 Å². The minimum atomic E-state index is 0.268. The second-order valence-corrected chi connectivity index (χ2v) is 5.49. The molecule has 0 aliphatic carbocycles. The van der Waals surface area contributed by atoms with Gasteiger partial charge in [0, 0.05) is 6.61 Å². The normalized spacial score (nSPS) is 20.8. The molecule has 0 saturated carbocycles. The number of nitrogens with one attached hydrogen (secondary N) is 1. The predicted octanol–water partition coefficient (Wildman–Crippen LogP) is 3.23. The van der Waals surface area contributed by atoms with Crippen LogP contribution in [0.15, 0.2) is 24.3 Å². The third-order valence-corrected chi connectivity index (χ3v) is 3.88. The Hall–Kier alpha value is -0.900. The molecular weight excluding hydrogens is 250 g/mol. The summed E-state index contributed by atoms with van der Waals surface area (Å²) in [6.07, 6.45) is 3.89. The summed E-state index contributed by atoms with van der Waals surface area (Å²) in [5.41, 5.74) is 2.65. The molecule has 2 rings (SSSR count). The Morgan fingerprint density at radius 1 is 1.35 bits per heavy atom. The zero-order chi connectivity index (χ0) is 14.2. The van der Waals surface area contributed by atoms with Gasteiger partial charge in [-0.15, -0.1) is 0 Å². The molecule has 1 aliphatic heterocycles. The number of ether oxygens (including phenoxy) is 2. The predicted molar refractivity (Wildman–Crippen MR) is 82.0 cm³/mol. The van der Waals surface area contributed by atoms with Crippen LogP contribution in [0.5, 0.6) is 0 Å². The zero-order valence-corrected chi connectivity index (χ0v) is 12.7. The van der Waals surface area contributed by atoms with Crippen molar-refractivity contribution in [1.82, 2.24) is 5.32 Å². The lowest BCUT2D eigenvalue weighted by molar-refractivity contribution is -0.0442. The first-order valence-electron chi connectivity index (χ1n) is 7.79. The molecule has 1 aromatic carbocycles. The van der Waals surface area contributed by atoms with Crippen molar-refractivity contribution in [3.05, 3.63) is 35.4 Å². The molecule has 0 aromatic heterocycles. The summed E-state index contributed by atoms with van der Waals surface area (Å²) in [7, 11) is 0. The average molecular weight is 277 g/mol. The van der Waals surface area contributed by atoms with Crippen LogP contribution in [0.3, 0.4) is 0 Å². The van der Waals surface area contributed by atoms with Crippen LogP contribution in [0.4, 0.5) is 0 Å². The number of aryl methyl sites for hydroxylation is 1. The van der Waals surface area contributed by atoms with Crippen LogP contribution in [-0.2, 0) is 9.47 Å². The summed E-state index contributed by atoms with van der Waals surface area (Å²) in [5, 5.41) is 3.51. The molecule has 1 heterocycles. The van der Waals surface area contributed by atoms with Gasteiger partial charge < -0.3 is 14.8 Å². The summed E-state index contributed by atoms with van der Waals surface area (Å²) < 4.78 is 11.6. The standard InChI is InChI=1S/C17H27NO2/c1-3-18-17(16-10-5-4-8-14(16)2)13-19-12-15-9-6-7-11-20-15/h4-5,8,10,15,17-18H,3,6-7,9,11-13H2,1-2H3. The third-order valence-electron chi connectivity index (χ3n) is 3.88. The summed E-state index contributed by atoms with van der Waals surface area (Å²) in [6, 6.07) is 8.78. The smallest absolute Gasteiger partial charge is 0.0808 e. The molecular formula is C17H27NO2. The van der Waals surface area contributed by atoms with Crippen molar-refractivity contribution in [2.75, 3.05) is 26.4 Å². The highest BCUT2D eigenvalue weighted by Crippen LogP contribution is 2.19. The van der Waals surface area contributed by atoms with Gasteiger partial charge in [-0.1, -0.05) is 31.2 Å². The first-order valence-corrected chi connectivity index (χ1v) is 7.79. The Morgan fingerprint density at radius 3 is 2.90 bits per heavy atom. The van der Waals surface area contributed by atoms with E-state index in [1.54, 1.807) is 0 Å². The van der Waals surface area contributed by atoms with E-state index in [4.69, 9.17) is 9.47 Å². The first kappa shape index (κ1) is 15.5. The average Bonchev–Trinajstić information content (AvgIpc) is 2.48. The Kier molecular flexibility index (Phi) is 6.51. The van der Waals surface area contributed by atoms with Crippen LogP contribution in [0.2, 0.25) is 0 Å². The van der Waals surface area contributed by atoms with Crippen molar-refractivity contribution < 1.29 is 9.47 Å². The summed E-state index contributed by atoms with van der Waals surface area (Å²) in [4.78, 5) is 0. The minimum absolute atomic E-state index is 0.268. The fraction of sp³-hybridized carbons (Fsp3) is 0.647. The van der Waals surface area contributed by atoms with E-state index in [2.05, 4.69) is 43.4 Å². The van der Waals surface area contributed by atoms with E-state index in [9.17, 15) is 0 Å². The fourth-order valence-corrected chi connectivity index (χ4v) is 2.74. The number of hydrogen-bond acceptors (Lipinski definition) is 3.